The molecule has 0 spiro atoms. The lowest BCUT2D eigenvalue weighted by molar-refractivity contribution is 0.627. The number of nitrogens with one attached hydrogen (secondary N) is 1. The molecule has 0 aliphatic rings. The van der Waals surface area contributed by atoms with E-state index in [4.69, 9.17) is 0 Å². The molecule has 2 aromatic carbocycles. The first-order chi connectivity index (χ1) is 8.97. The standard InChI is InChI=1S/C14H11Br3FN/c1-8(11-4-2-9(15)6-12(11)16)19-14-5-3-10(18)7-13(14)17/h2-8,19H,1H3. The zero-order chi connectivity index (χ0) is 14.0. The van der Waals surface area contributed by atoms with Crippen molar-refractivity contribution in [1.29, 1.82) is 0 Å². The van der Waals surface area contributed by atoms with Crippen molar-refractivity contribution in [2.24, 2.45) is 0 Å². The van der Waals surface area contributed by atoms with E-state index in [1.54, 1.807) is 6.07 Å². The molecular weight excluding hydrogens is 441 g/mol. The Morgan fingerprint density at radius 2 is 1.74 bits per heavy atom. The number of anilines is 1. The molecule has 0 saturated carbocycles. The minimum Gasteiger partial charge on any atom is -0.378 e. The maximum absolute atomic E-state index is 13.0. The first-order valence-corrected chi connectivity index (χ1v) is 8.02. The Hall–Kier alpha value is -0.390. The van der Waals surface area contributed by atoms with E-state index in [2.05, 4.69) is 60.0 Å². The fraction of sp³-hybridized carbons (Fsp3) is 0.143. The lowest BCUT2D eigenvalue weighted by Crippen LogP contribution is -2.07. The van der Waals surface area contributed by atoms with Crippen LogP contribution >= 0.6 is 47.8 Å². The highest BCUT2D eigenvalue weighted by Crippen LogP contribution is 2.31. The van der Waals surface area contributed by atoms with Gasteiger partial charge in [0.05, 0.1) is 0 Å². The van der Waals surface area contributed by atoms with Crippen LogP contribution in [0.2, 0.25) is 0 Å². The molecule has 2 rings (SSSR count). The van der Waals surface area contributed by atoms with Crippen LogP contribution in [0.4, 0.5) is 10.1 Å². The van der Waals surface area contributed by atoms with Crippen LogP contribution in [0.25, 0.3) is 0 Å². The molecule has 0 aliphatic carbocycles. The van der Waals surface area contributed by atoms with Gasteiger partial charge in [-0.3, -0.25) is 0 Å². The van der Waals surface area contributed by atoms with Gasteiger partial charge in [-0.15, -0.1) is 0 Å². The molecule has 0 saturated heterocycles. The summed E-state index contributed by atoms with van der Waals surface area (Å²) in [5, 5.41) is 3.36. The third kappa shape index (κ3) is 3.80. The molecule has 1 atom stereocenters. The second-order valence-electron chi connectivity index (χ2n) is 4.16. The van der Waals surface area contributed by atoms with Gasteiger partial charge in [-0.25, -0.2) is 4.39 Å². The summed E-state index contributed by atoms with van der Waals surface area (Å²) >= 11 is 10.3. The van der Waals surface area contributed by atoms with Gasteiger partial charge < -0.3 is 5.32 Å². The van der Waals surface area contributed by atoms with Gasteiger partial charge in [-0.2, -0.15) is 0 Å². The molecule has 0 amide bonds. The van der Waals surface area contributed by atoms with Crippen LogP contribution in [0.5, 0.6) is 0 Å². The summed E-state index contributed by atoms with van der Waals surface area (Å²) in [7, 11) is 0. The highest BCUT2D eigenvalue weighted by atomic mass is 79.9. The lowest BCUT2D eigenvalue weighted by Gasteiger charge is -2.18. The van der Waals surface area contributed by atoms with Gasteiger partial charge in [0.1, 0.15) is 5.82 Å². The molecule has 19 heavy (non-hydrogen) atoms. The van der Waals surface area contributed by atoms with Gasteiger partial charge in [0, 0.05) is 25.1 Å². The second-order valence-corrected chi connectivity index (χ2v) is 6.78. The quantitative estimate of drug-likeness (QED) is 0.578. The molecular formula is C14H11Br3FN. The summed E-state index contributed by atoms with van der Waals surface area (Å²) in [6, 6.07) is 10.8. The van der Waals surface area contributed by atoms with Crippen molar-refractivity contribution in [3.63, 3.8) is 0 Å². The Morgan fingerprint density at radius 3 is 2.37 bits per heavy atom. The van der Waals surface area contributed by atoms with Crippen LogP contribution in [-0.4, -0.2) is 0 Å². The van der Waals surface area contributed by atoms with Gasteiger partial charge in [0.15, 0.2) is 0 Å². The fourth-order valence-corrected chi connectivity index (χ4v) is 3.63. The number of hydrogen-bond acceptors (Lipinski definition) is 1. The minimum atomic E-state index is -0.255. The second kappa shape index (κ2) is 6.37. The molecule has 1 unspecified atom stereocenters. The van der Waals surface area contributed by atoms with Crippen molar-refractivity contribution in [3.05, 3.63) is 61.2 Å². The van der Waals surface area contributed by atoms with E-state index in [1.807, 2.05) is 18.2 Å². The molecule has 2 aromatic rings. The number of hydrogen-bond donors (Lipinski definition) is 1. The SMILES string of the molecule is CC(Nc1ccc(F)cc1Br)c1ccc(Br)cc1Br. The Labute approximate surface area is 137 Å². The molecule has 0 aromatic heterocycles. The van der Waals surface area contributed by atoms with Crippen molar-refractivity contribution in [2.45, 2.75) is 13.0 Å². The van der Waals surface area contributed by atoms with E-state index in [-0.39, 0.29) is 11.9 Å². The fourth-order valence-electron chi connectivity index (χ4n) is 1.77. The minimum absolute atomic E-state index is 0.101. The third-order valence-electron chi connectivity index (χ3n) is 2.73. The summed E-state index contributed by atoms with van der Waals surface area (Å²) in [6.07, 6.45) is 0. The molecule has 100 valence electrons. The molecule has 0 aliphatic heterocycles. The molecule has 1 nitrogen and oxygen atoms in total. The first-order valence-electron chi connectivity index (χ1n) is 5.64. The first kappa shape index (κ1) is 15.0. The van der Waals surface area contributed by atoms with Gasteiger partial charge >= 0.3 is 0 Å². The van der Waals surface area contributed by atoms with E-state index in [1.165, 1.54) is 12.1 Å². The van der Waals surface area contributed by atoms with Crippen LogP contribution in [0.15, 0.2) is 49.8 Å². The van der Waals surface area contributed by atoms with Crippen LogP contribution in [0.1, 0.15) is 18.5 Å². The highest BCUT2D eigenvalue weighted by molar-refractivity contribution is 9.11. The summed E-state index contributed by atoms with van der Waals surface area (Å²) in [6.45, 7) is 2.06. The molecule has 0 radical (unpaired) electrons. The van der Waals surface area contributed by atoms with Gasteiger partial charge in [-0.1, -0.05) is 37.9 Å². The normalized spacial score (nSPS) is 12.3. The van der Waals surface area contributed by atoms with Gasteiger partial charge in [-0.05, 0) is 58.7 Å². The Bertz CT molecular complexity index is 601. The largest absolute Gasteiger partial charge is 0.378 e. The zero-order valence-corrected chi connectivity index (χ0v) is 14.8. The Kier molecular flexibility index (Phi) is 5.03. The monoisotopic (exact) mass is 449 g/mol. The topological polar surface area (TPSA) is 12.0 Å². The average molecular weight is 452 g/mol. The molecule has 0 fully saturated rings. The summed E-state index contributed by atoms with van der Waals surface area (Å²) in [4.78, 5) is 0. The van der Waals surface area contributed by atoms with Crippen molar-refractivity contribution < 1.29 is 4.39 Å². The third-order valence-corrected chi connectivity index (χ3v) is 4.57. The average Bonchev–Trinajstić information content (AvgIpc) is 2.32. The maximum Gasteiger partial charge on any atom is 0.124 e. The van der Waals surface area contributed by atoms with Crippen molar-refractivity contribution in [3.8, 4) is 0 Å². The number of halogens is 4. The van der Waals surface area contributed by atoms with E-state index < -0.39 is 0 Å². The van der Waals surface area contributed by atoms with Gasteiger partial charge in [0.2, 0.25) is 0 Å². The van der Waals surface area contributed by atoms with E-state index >= 15 is 0 Å². The molecule has 0 heterocycles. The van der Waals surface area contributed by atoms with E-state index in [0.717, 1.165) is 20.2 Å². The maximum atomic E-state index is 13.0. The Balaban J connectivity index is 2.23. The van der Waals surface area contributed by atoms with Crippen molar-refractivity contribution in [1.82, 2.24) is 0 Å². The summed E-state index contributed by atoms with van der Waals surface area (Å²) in [5.41, 5.74) is 2.00. The Morgan fingerprint density at radius 1 is 1.00 bits per heavy atom. The summed E-state index contributed by atoms with van der Waals surface area (Å²) in [5.74, 6) is -0.255. The zero-order valence-electron chi connectivity index (χ0n) is 10.1. The highest BCUT2D eigenvalue weighted by Gasteiger charge is 2.11. The van der Waals surface area contributed by atoms with E-state index in [0.29, 0.717) is 4.47 Å². The van der Waals surface area contributed by atoms with Crippen molar-refractivity contribution >= 4 is 53.5 Å². The summed E-state index contributed by atoms with van der Waals surface area (Å²) < 4.78 is 15.8. The number of benzene rings is 2. The number of rotatable bonds is 3. The van der Waals surface area contributed by atoms with Crippen LogP contribution in [0.3, 0.4) is 0 Å². The van der Waals surface area contributed by atoms with Gasteiger partial charge in [0.25, 0.3) is 0 Å². The van der Waals surface area contributed by atoms with Crippen LogP contribution < -0.4 is 5.32 Å². The molecule has 1 N–H and O–H groups in total. The van der Waals surface area contributed by atoms with Crippen molar-refractivity contribution in [2.75, 3.05) is 5.32 Å². The van der Waals surface area contributed by atoms with Crippen LogP contribution in [-0.2, 0) is 0 Å². The predicted octanol–water partition coefficient (Wildman–Crippen LogP) is 6.29. The lowest BCUT2D eigenvalue weighted by atomic mass is 10.1. The smallest absolute Gasteiger partial charge is 0.124 e. The molecule has 5 heteroatoms. The van der Waals surface area contributed by atoms with E-state index in [9.17, 15) is 4.39 Å². The van der Waals surface area contributed by atoms with Crippen LogP contribution in [0, 0.1) is 5.82 Å². The predicted molar refractivity (Wildman–Crippen MR) is 88.0 cm³/mol. The molecule has 0 bridgehead atoms.